The molecule has 2 N–H and O–H groups in total. The van der Waals surface area contributed by atoms with Gasteiger partial charge in [-0.1, -0.05) is 60.7 Å². The molecule has 0 aliphatic rings. The number of carbonyl (C=O) groups is 1. The Morgan fingerprint density at radius 1 is 0.774 bits per heavy atom. The Kier molecular flexibility index (Phi) is 5.73. The molecule has 4 aromatic rings. The molecule has 0 saturated heterocycles. The number of sulfonamides is 1. The molecule has 0 atom stereocenters. The minimum atomic E-state index is -3.75. The summed E-state index contributed by atoms with van der Waals surface area (Å²) in [6.45, 7) is 0. The standard InChI is InChI=1S/C25H21NO4S/c27-25(28)21-10-3-6-18(16-21)14-15-19-7-4-11-22(17-19)26-31(29,30)24-13-5-9-20-8-1-2-12-23(20)24/h1-13,16-17,26H,14-15H2,(H,27,28). The van der Waals surface area contributed by atoms with Crippen LogP contribution in [0.2, 0.25) is 0 Å². The van der Waals surface area contributed by atoms with Gasteiger partial charge in [-0.05, 0) is 59.7 Å². The number of carboxylic acid groups (broad SMARTS) is 1. The average Bonchev–Trinajstić information content (AvgIpc) is 2.77. The predicted molar refractivity (Wildman–Crippen MR) is 122 cm³/mol. The van der Waals surface area contributed by atoms with Gasteiger partial charge in [0.15, 0.2) is 0 Å². The van der Waals surface area contributed by atoms with Crippen molar-refractivity contribution >= 4 is 32.5 Å². The van der Waals surface area contributed by atoms with Crippen LogP contribution in [0.1, 0.15) is 21.5 Å². The molecule has 4 aromatic carbocycles. The molecule has 5 nitrogen and oxygen atoms in total. The fourth-order valence-electron chi connectivity index (χ4n) is 3.58. The summed E-state index contributed by atoms with van der Waals surface area (Å²) in [5.74, 6) is -0.952. The summed E-state index contributed by atoms with van der Waals surface area (Å²) in [5.41, 5.74) is 2.62. The molecule has 0 aliphatic heterocycles. The van der Waals surface area contributed by atoms with Gasteiger partial charge in [-0.3, -0.25) is 4.72 Å². The molecule has 0 spiro atoms. The predicted octanol–water partition coefficient (Wildman–Crippen LogP) is 5.12. The van der Waals surface area contributed by atoms with Gasteiger partial charge in [0.2, 0.25) is 0 Å². The summed E-state index contributed by atoms with van der Waals surface area (Å²) in [6, 6.07) is 26.7. The zero-order valence-corrected chi connectivity index (χ0v) is 17.5. The van der Waals surface area contributed by atoms with Crippen molar-refractivity contribution in [1.82, 2.24) is 0 Å². The Bertz CT molecular complexity index is 1360. The van der Waals surface area contributed by atoms with E-state index in [0.29, 0.717) is 23.9 Å². The molecule has 0 heterocycles. The number of fused-ring (bicyclic) bond motifs is 1. The third-order valence-electron chi connectivity index (χ3n) is 5.09. The Hall–Kier alpha value is -3.64. The van der Waals surface area contributed by atoms with Crippen molar-refractivity contribution in [2.45, 2.75) is 17.7 Å². The van der Waals surface area contributed by atoms with Gasteiger partial charge in [0.1, 0.15) is 0 Å². The minimum absolute atomic E-state index is 0.237. The van der Waals surface area contributed by atoms with Gasteiger partial charge >= 0.3 is 5.97 Å². The van der Waals surface area contributed by atoms with Crippen LogP contribution in [0.4, 0.5) is 5.69 Å². The highest BCUT2D eigenvalue weighted by Gasteiger charge is 2.17. The van der Waals surface area contributed by atoms with Gasteiger partial charge in [0, 0.05) is 11.1 Å². The SMILES string of the molecule is O=C(O)c1cccc(CCc2cccc(NS(=O)(=O)c3cccc4ccccc34)c2)c1. The number of benzene rings is 4. The third kappa shape index (κ3) is 4.75. The number of hydrogen-bond donors (Lipinski definition) is 2. The maximum absolute atomic E-state index is 13.0. The van der Waals surface area contributed by atoms with E-state index in [1.807, 2.05) is 48.5 Å². The molecule has 0 fully saturated rings. The van der Waals surface area contributed by atoms with E-state index in [1.54, 1.807) is 42.5 Å². The topological polar surface area (TPSA) is 83.5 Å². The van der Waals surface area contributed by atoms with Gasteiger partial charge in [0.25, 0.3) is 10.0 Å². The van der Waals surface area contributed by atoms with Crippen molar-refractivity contribution < 1.29 is 18.3 Å². The number of hydrogen-bond acceptors (Lipinski definition) is 3. The molecule has 0 unspecified atom stereocenters. The van der Waals surface area contributed by atoms with Crippen molar-refractivity contribution in [3.8, 4) is 0 Å². The normalized spacial score (nSPS) is 11.4. The highest BCUT2D eigenvalue weighted by molar-refractivity contribution is 7.93. The molecule has 0 radical (unpaired) electrons. The number of rotatable bonds is 7. The lowest BCUT2D eigenvalue weighted by Crippen LogP contribution is -2.13. The van der Waals surface area contributed by atoms with Crippen LogP contribution in [0.5, 0.6) is 0 Å². The molecule has 156 valence electrons. The summed E-state index contributed by atoms with van der Waals surface area (Å²) >= 11 is 0. The number of aryl methyl sites for hydroxylation is 2. The van der Waals surface area contributed by atoms with Gasteiger partial charge in [-0.2, -0.15) is 0 Å². The number of nitrogens with one attached hydrogen (secondary N) is 1. The summed E-state index contributed by atoms with van der Waals surface area (Å²) in [6.07, 6.45) is 1.31. The summed E-state index contributed by atoms with van der Waals surface area (Å²) < 4.78 is 28.8. The van der Waals surface area contributed by atoms with Crippen LogP contribution >= 0.6 is 0 Å². The van der Waals surface area contributed by atoms with Crippen LogP contribution in [0.3, 0.4) is 0 Å². The Morgan fingerprint density at radius 2 is 1.42 bits per heavy atom. The van der Waals surface area contributed by atoms with Crippen LogP contribution in [0, 0.1) is 0 Å². The quantitative estimate of drug-likeness (QED) is 0.425. The van der Waals surface area contributed by atoms with E-state index in [-0.39, 0.29) is 10.5 Å². The highest BCUT2D eigenvalue weighted by Crippen LogP contribution is 2.25. The summed E-state index contributed by atoms with van der Waals surface area (Å²) in [7, 11) is -3.75. The molecule has 0 saturated carbocycles. The van der Waals surface area contributed by atoms with Crippen LogP contribution < -0.4 is 4.72 Å². The van der Waals surface area contributed by atoms with E-state index < -0.39 is 16.0 Å². The van der Waals surface area contributed by atoms with Gasteiger partial charge in [-0.15, -0.1) is 0 Å². The fraction of sp³-hybridized carbons (Fsp3) is 0.0800. The zero-order valence-electron chi connectivity index (χ0n) is 16.7. The summed E-state index contributed by atoms with van der Waals surface area (Å²) in [4.78, 5) is 11.4. The number of anilines is 1. The van der Waals surface area contributed by atoms with E-state index in [4.69, 9.17) is 5.11 Å². The minimum Gasteiger partial charge on any atom is -0.478 e. The lowest BCUT2D eigenvalue weighted by molar-refractivity contribution is 0.0696. The molecule has 4 rings (SSSR count). The second-order valence-electron chi connectivity index (χ2n) is 7.29. The maximum atomic E-state index is 13.0. The molecule has 0 bridgehead atoms. The largest absolute Gasteiger partial charge is 0.478 e. The molecule has 31 heavy (non-hydrogen) atoms. The van der Waals surface area contributed by atoms with Crippen molar-refractivity contribution in [3.05, 3.63) is 108 Å². The third-order valence-corrected chi connectivity index (χ3v) is 6.53. The molecule has 0 amide bonds. The average molecular weight is 432 g/mol. The monoisotopic (exact) mass is 431 g/mol. The van der Waals surface area contributed by atoms with Crippen LogP contribution in [0.15, 0.2) is 95.9 Å². The van der Waals surface area contributed by atoms with E-state index in [2.05, 4.69) is 4.72 Å². The van der Waals surface area contributed by atoms with Crippen molar-refractivity contribution in [3.63, 3.8) is 0 Å². The first kappa shape index (κ1) is 20.6. The van der Waals surface area contributed by atoms with Gasteiger partial charge in [0.05, 0.1) is 10.5 Å². The molecule has 0 aliphatic carbocycles. The Labute approximate surface area is 181 Å². The fourth-order valence-corrected chi connectivity index (χ4v) is 4.86. The van der Waals surface area contributed by atoms with Crippen LogP contribution in [0.25, 0.3) is 10.8 Å². The van der Waals surface area contributed by atoms with Crippen molar-refractivity contribution in [2.75, 3.05) is 4.72 Å². The number of carboxylic acids is 1. The summed E-state index contributed by atoms with van der Waals surface area (Å²) in [5, 5.41) is 10.7. The lowest BCUT2D eigenvalue weighted by Gasteiger charge is -2.12. The molecule has 6 heteroatoms. The van der Waals surface area contributed by atoms with Crippen molar-refractivity contribution in [1.29, 1.82) is 0 Å². The van der Waals surface area contributed by atoms with E-state index >= 15 is 0 Å². The maximum Gasteiger partial charge on any atom is 0.335 e. The van der Waals surface area contributed by atoms with Crippen LogP contribution in [-0.4, -0.2) is 19.5 Å². The van der Waals surface area contributed by atoms with E-state index in [0.717, 1.165) is 16.5 Å². The van der Waals surface area contributed by atoms with Crippen molar-refractivity contribution in [2.24, 2.45) is 0 Å². The van der Waals surface area contributed by atoms with Gasteiger partial charge in [-0.25, -0.2) is 13.2 Å². The zero-order chi connectivity index (χ0) is 21.8. The Morgan fingerprint density at radius 3 is 2.19 bits per heavy atom. The second kappa shape index (κ2) is 8.62. The first-order chi connectivity index (χ1) is 14.9. The molecular weight excluding hydrogens is 410 g/mol. The van der Waals surface area contributed by atoms with Gasteiger partial charge < -0.3 is 5.11 Å². The van der Waals surface area contributed by atoms with E-state index in [1.165, 1.54) is 0 Å². The molecule has 0 aromatic heterocycles. The molecular formula is C25H21NO4S. The second-order valence-corrected chi connectivity index (χ2v) is 8.94. The van der Waals surface area contributed by atoms with Crippen LogP contribution in [-0.2, 0) is 22.9 Å². The highest BCUT2D eigenvalue weighted by atomic mass is 32.2. The lowest BCUT2D eigenvalue weighted by atomic mass is 10.0. The number of aromatic carboxylic acids is 1. The first-order valence-corrected chi connectivity index (χ1v) is 11.3. The Balaban J connectivity index is 1.53. The smallest absolute Gasteiger partial charge is 0.335 e. The van der Waals surface area contributed by atoms with E-state index in [9.17, 15) is 13.2 Å². The first-order valence-electron chi connectivity index (χ1n) is 9.84.